The molecule has 1 aliphatic rings. The third-order valence-corrected chi connectivity index (χ3v) is 2.75. The highest BCUT2D eigenvalue weighted by atomic mass is 16.4. The SMILES string of the molecule is CN(CC(N)C(=O)O)C1CCCC1. The molecule has 0 radical (unpaired) electrons. The molecular formula is C9H18N2O2. The van der Waals surface area contributed by atoms with E-state index in [4.69, 9.17) is 10.8 Å². The van der Waals surface area contributed by atoms with Crippen molar-refractivity contribution in [1.82, 2.24) is 4.90 Å². The molecule has 4 nitrogen and oxygen atoms in total. The lowest BCUT2D eigenvalue weighted by Gasteiger charge is -2.25. The first-order valence-electron chi connectivity index (χ1n) is 4.80. The van der Waals surface area contributed by atoms with Gasteiger partial charge in [0.2, 0.25) is 0 Å². The maximum atomic E-state index is 10.5. The fourth-order valence-corrected chi connectivity index (χ4v) is 1.88. The molecule has 1 saturated carbocycles. The lowest BCUT2D eigenvalue weighted by molar-refractivity contribution is -0.139. The second kappa shape index (κ2) is 4.58. The molecule has 13 heavy (non-hydrogen) atoms. The van der Waals surface area contributed by atoms with Gasteiger partial charge in [-0.2, -0.15) is 0 Å². The van der Waals surface area contributed by atoms with Gasteiger partial charge < -0.3 is 15.7 Å². The van der Waals surface area contributed by atoms with E-state index in [9.17, 15) is 4.79 Å². The van der Waals surface area contributed by atoms with Crippen LogP contribution in [0.15, 0.2) is 0 Å². The van der Waals surface area contributed by atoms with Crippen LogP contribution in [0, 0.1) is 0 Å². The largest absolute Gasteiger partial charge is 0.480 e. The maximum Gasteiger partial charge on any atom is 0.321 e. The van der Waals surface area contributed by atoms with E-state index >= 15 is 0 Å². The summed E-state index contributed by atoms with van der Waals surface area (Å²) in [6.07, 6.45) is 4.89. The van der Waals surface area contributed by atoms with E-state index in [1.165, 1.54) is 25.7 Å². The lowest BCUT2D eigenvalue weighted by Crippen LogP contribution is -2.44. The number of hydrogen-bond acceptors (Lipinski definition) is 3. The molecule has 76 valence electrons. The van der Waals surface area contributed by atoms with Crippen molar-refractivity contribution in [1.29, 1.82) is 0 Å². The quantitative estimate of drug-likeness (QED) is 0.661. The molecule has 3 N–H and O–H groups in total. The fraction of sp³-hybridized carbons (Fsp3) is 0.889. The van der Waals surface area contributed by atoms with Gasteiger partial charge in [-0.25, -0.2) is 0 Å². The Bertz CT molecular complexity index is 178. The number of nitrogens with two attached hydrogens (primary N) is 1. The van der Waals surface area contributed by atoms with Gasteiger partial charge in [0.1, 0.15) is 6.04 Å². The highest BCUT2D eigenvalue weighted by Gasteiger charge is 2.22. The summed E-state index contributed by atoms with van der Waals surface area (Å²) in [5.74, 6) is -0.912. The fourth-order valence-electron chi connectivity index (χ4n) is 1.88. The Labute approximate surface area is 78.7 Å². The summed E-state index contributed by atoms with van der Waals surface area (Å²) >= 11 is 0. The van der Waals surface area contributed by atoms with Gasteiger partial charge in [-0.05, 0) is 19.9 Å². The molecule has 0 amide bonds. The summed E-state index contributed by atoms with van der Waals surface area (Å²) in [4.78, 5) is 12.6. The van der Waals surface area contributed by atoms with Gasteiger partial charge in [-0.3, -0.25) is 4.79 Å². The zero-order valence-electron chi connectivity index (χ0n) is 8.07. The average Bonchev–Trinajstić information content (AvgIpc) is 2.55. The number of likely N-dealkylation sites (N-methyl/N-ethyl adjacent to an activating group) is 1. The minimum atomic E-state index is -0.912. The summed E-state index contributed by atoms with van der Waals surface area (Å²) in [6, 6.07) is -0.198. The van der Waals surface area contributed by atoms with Crippen molar-refractivity contribution < 1.29 is 9.90 Å². The molecule has 0 bridgehead atoms. The third-order valence-electron chi connectivity index (χ3n) is 2.75. The van der Waals surface area contributed by atoms with Crippen LogP contribution >= 0.6 is 0 Å². The standard InChI is InChI=1S/C9H18N2O2/c1-11(6-8(10)9(12)13)7-4-2-3-5-7/h7-8H,2-6,10H2,1H3,(H,12,13). The van der Waals surface area contributed by atoms with E-state index in [1.807, 2.05) is 7.05 Å². The van der Waals surface area contributed by atoms with Crippen LogP contribution in [0.25, 0.3) is 0 Å². The molecule has 1 fully saturated rings. The second-order valence-electron chi connectivity index (χ2n) is 3.82. The average molecular weight is 186 g/mol. The predicted octanol–water partition coefficient (Wildman–Crippen LogP) is 0.273. The molecule has 1 aliphatic carbocycles. The monoisotopic (exact) mass is 186 g/mol. The molecule has 0 heterocycles. The van der Waals surface area contributed by atoms with Crippen molar-refractivity contribution >= 4 is 5.97 Å². The van der Waals surface area contributed by atoms with Gasteiger partial charge in [0, 0.05) is 12.6 Å². The van der Waals surface area contributed by atoms with E-state index in [0.717, 1.165) is 0 Å². The normalized spacial score (nSPS) is 20.8. The van der Waals surface area contributed by atoms with Gasteiger partial charge >= 0.3 is 5.97 Å². The number of carboxylic acids is 1. The highest BCUT2D eigenvalue weighted by Crippen LogP contribution is 2.22. The molecular weight excluding hydrogens is 168 g/mol. The summed E-state index contributed by atoms with van der Waals surface area (Å²) in [7, 11) is 1.96. The van der Waals surface area contributed by atoms with Crippen LogP contribution in [-0.4, -0.2) is 41.7 Å². The summed E-state index contributed by atoms with van der Waals surface area (Å²) in [5, 5.41) is 8.62. The lowest BCUT2D eigenvalue weighted by atomic mass is 10.2. The van der Waals surface area contributed by atoms with Crippen LogP contribution in [0.1, 0.15) is 25.7 Å². The van der Waals surface area contributed by atoms with E-state index < -0.39 is 12.0 Å². The minimum absolute atomic E-state index is 0.458. The number of aliphatic carboxylic acids is 1. The molecule has 1 rings (SSSR count). The molecule has 1 atom stereocenters. The number of carboxylic acid groups (broad SMARTS) is 1. The molecule has 0 aromatic heterocycles. The zero-order valence-corrected chi connectivity index (χ0v) is 8.07. The Kier molecular flexibility index (Phi) is 3.69. The van der Waals surface area contributed by atoms with Crippen LogP contribution in [0.5, 0.6) is 0 Å². The molecule has 0 aliphatic heterocycles. The van der Waals surface area contributed by atoms with Crippen LogP contribution in [0.4, 0.5) is 0 Å². The van der Waals surface area contributed by atoms with Gasteiger partial charge in [0.25, 0.3) is 0 Å². The van der Waals surface area contributed by atoms with Crippen molar-refractivity contribution in [3.8, 4) is 0 Å². The van der Waals surface area contributed by atoms with Crippen molar-refractivity contribution in [2.45, 2.75) is 37.8 Å². The molecule has 4 heteroatoms. The summed E-state index contributed by atoms with van der Waals surface area (Å²) < 4.78 is 0. The first kappa shape index (κ1) is 10.5. The Balaban J connectivity index is 2.30. The first-order valence-corrected chi connectivity index (χ1v) is 4.80. The smallest absolute Gasteiger partial charge is 0.321 e. The van der Waals surface area contributed by atoms with Gasteiger partial charge in [0.15, 0.2) is 0 Å². The maximum absolute atomic E-state index is 10.5. The van der Waals surface area contributed by atoms with Gasteiger partial charge in [-0.15, -0.1) is 0 Å². The highest BCUT2D eigenvalue weighted by molar-refractivity contribution is 5.73. The van der Waals surface area contributed by atoms with E-state index in [1.54, 1.807) is 0 Å². The second-order valence-corrected chi connectivity index (χ2v) is 3.82. The molecule has 0 aromatic rings. The number of carbonyl (C=O) groups is 1. The summed E-state index contributed by atoms with van der Waals surface area (Å²) in [5.41, 5.74) is 5.44. The molecule has 1 unspecified atom stereocenters. The Morgan fingerprint density at radius 1 is 1.62 bits per heavy atom. The van der Waals surface area contributed by atoms with Crippen LogP contribution in [-0.2, 0) is 4.79 Å². The number of hydrogen-bond donors (Lipinski definition) is 2. The van der Waals surface area contributed by atoms with Gasteiger partial charge in [0.05, 0.1) is 0 Å². The van der Waals surface area contributed by atoms with Crippen molar-refractivity contribution in [3.05, 3.63) is 0 Å². The van der Waals surface area contributed by atoms with E-state index in [-0.39, 0.29) is 0 Å². The van der Waals surface area contributed by atoms with Crippen LogP contribution < -0.4 is 5.73 Å². The minimum Gasteiger partial charge on any atom is -0.480 e. The molecule has 0 spiro atoms. The Morgan fingerprint density at radius 2 is 2.15 bits per heavy atom. The first-order chi connectivity index (χ1) is 6.11. The molecule has 0 saturated heterocycles. The van der Waals surface area contributed by atoms with Crippen molar-refractivity contribution in [3.63, 3.8) is 0 Å². The Morgan fingerprint density at radius 3 is 2.62 bits per heavy atom. The van der Waals surface area contributed by atoms with Crippen molar-refractivity contribution in [2.24, 2.45) is 5.73 Å². The molecule has 0 aromatic carbocycles. The summed E-state index contributed by atoms with van der Waals surface area (Å²) in [6.45, 7) is 0.458. The number of rotatable bonds is 4. The topological polar surface area (TPSA) is 66.6 Å². The van der Waals surface area contributed by atoms with E-state index in [2.05, 4.69) is 4.90 Å². The van der Waals surface area contributed by atoms with Gasteiger partial charge in [-0.1, -0.05) is 12.8 Å². The van der Waals surface area contributed by atoms with Crippen LogP contribution in [0.3, 0.4) is 0 Å². The van der Waals surface area contributed by atoms with E-state index in [0.29, 0.717) is 12.6 Å². The van der Waals surface area contributed by atoms with Crippen LogP contribution in [0.2, 0.25) is 0 Å². The number of nitrogens with zero attached hydrogens (tertiary/aromatic N) is 1. The van der Waals surface area contributed by atoms with Crippen molar-refractivity contribution in [2.75, 3.05) is 13.6 Å². The third kappa shape index (κ3) is 2.97. The zero-order chi connectivity index (χ0) is 9.84. The Hall–Kier alpha value is -0.610. The predicted molar refractivity (Wildman–Crippen MR) is 50.5 cm³/mol.